The lowest BCUT2D eigenvalue weighted by atomic mass is 10.1. The second kappa shape index (κ2) is 11.1. The Bertz CT molecular complexity index is 2010. The molecule has 15 nitrogen and oxygen atoms in total. The summed E-state index contributed by atoms with van der Waals surface area (Å²) in [6, 6.07) is 11.9. The number of carbonyl (C=O) groups excluding carboxylic acids is 2. The van der Waals surface area contributed by atoms with Gasteiger partial charge in [-0.2, -0.15) is 16.8 Å². The number of aromatic hydroxyl groups is 1. The number of aryl methyl sites for hydroxylation is 1. The van der Waals surface area contributed by atoms with Crippen molar-refractivity contribution in [1.29, 1.82) is 0 Å². The smallest absolute Gasteiger partial charge is 0.323 e. The molecule has 0 spiro atoms. The number of hydrogen-bond acceptors (Lipinski definition) is 9. The van der Waals surface area contributed by atoms with Crippen molar-refractivity contribution in [2.75, 3.05) is 16.0 Å². The number of rotatable bonds is 7. The summed E-state index contributed by atoms with van der Waals surface area (Å²) in [5, 5.41) is 28.4. The van der Waals surface area contributed by atoms with Gasteiger partial charge >= 0.3 is 6.03 Å². The molecule has 0 heterocycles. The number of fused-ring (bicyclic) bond motifs is 1. The van der Waals surface area contributed by atoms with E-state index in [0.717, 1.165) is 18.2 Å². The maximum absolute atomic E-state index is 13.1. The van der Waals surface area contributed by atoms with Crippen LogP contribution in [0.2, 0.25) is 0 Å². The van der Waals surface area contributed by atoms with Gasteiger partial charge in [0.25, 0.3) is 31.8 Å². The zero-order chi connectivity index (χ0) is 31.0. The summed E-state index contributed by atoms with van der Waals surface area (Å²) < 4.78 is 65.7. The molecule has 0 fully saturated rings. The van der Waals surface area contributed by atoms with Gasteiger partial charge in [0, 0.05) is 40.0 Å². The minimum Gasteiger partial charge on any atom is -0.507 e. The molecule has 0 aromatic heterocycles. The molecule has 0 atom stereocenters. The summed E-state index contributed by atoms with van der Waals surface area (Å²) in [6.07, 6.45) is 0. The van der Waals surface area contributed by atoms with Gasteiger partial charge in [-0.3, -0.25) is 24.0 Å². The van der Waals surface area contributed by atoms with Gasteiger partial charge in [0.1, 0.15) is 5.75 Å². The minimum absolute atomic E-state index is 0.0572. The Balaban J connectivity index is 1.62. The first-order valence-electron chi connectivity index (χ1n) is 11.5. The average molecular weight is 617 g/mol. The molecule has 42 heavy (non-hydrogen) atoms. The molecule has 4 rings (SSSR count). The van der Waals surface area contributed by atoms with Crippen LogP contribution in [-0.4, -0.2) is 47.9 Å². The van der Waals surface area contributed by atoms with E-state index in [1.807, 2.05) is 0 Å². The number of hydrogen-bond donors (Lipinski definition) is 6. The Morgan fingerprint density at radius 2 is 1.40 bits per heavy atom. The van der Waals surface area contributed by atoms with Gasteiger partial charge in [0.05, 0.1) is 20.4 Å². The van der Waals surface area contributed by atoms with E-state index >= 15 is 0 Å². The van der Waals surface area contributed by atoms with Crippen molar-refractivity contribution in [2.45, 2.75) is 16.7 Å². The van der Waals surface area contributed by atoms with E-state index in [1.54, 1.807) is 6.92 Å². The van der Waals surface area contributed by atoms with E-state index < -0.39 is 52.6 Å². The molecule has 0 bridgehead atoms. The molecule has 0 radical (unpaired) electrons. The van der Waals surface area contributed by atoms with Crippen LogP contribution in [0.4, 0.5) is 27.5 Å². The summed E-state index contributed by atoms with van der Waals surface area (Å²) in [5.74, 6) is -1.60. The molecule has 3 amide bonds. The summed E-state index contributed by atoms with van der Waals surface area (Å²) in [7, 11) is -9.69. The van der Waals surface area contributed by atoms with Crippen LogP contribution in [0, 0.1) is 17.0 Å². The first-order chi connectivity index (χ1) is 19.5. The maximum atomic E-state index is 13.1. The fourth-order valence-electron chi connectivity index (χ4n) is 3.94. The SMILES string of the molecule is Cc1ccc(NC(=O)Nc2cccc(C(=O)Nc3cc(S(=O)(=O)O)cc4cc(S(=O)(=O)O)cc(O)c34)c2)cc1[N+](=O)[O-]. The lowest BCUT2D eigenvalue weighted by Gasteiger charge is -2.14. The highest BCUT2D eigenvalue weighted by atomic mass is 32.2. The number of carbonyl (C=O) groups is 2. The van der Waals surface area contributed by atoms with E-state index in [2.05, 4.69) is 16.0 Å². The van der Waals surface area contributed by atoms with Gasteiger partial charge in [-0.15, -0.1) is 0 Å². The number of nitro groups is 1. The second-order valence-corrected chi connectivity index (χ2v) is 11.7. The number of urea groups is 1. The fourth-order valence-corrected chi connectivity index (χ4v) is 5.02. The molecule has 17 heteroatoms. The number of phenolic OH excluding ortho intramolecular Hbond substituents is 1. The third-order valence-electron chi connectivity index (χ3n) is 5.87. The van der Waals surface area contributed by atoms with Crippen molar-refractivity contribution in [2.24, 2.45) is 0 Å². The molecular weight excluding hydrogens is 596 g/mol. The van der Waals surface area contributed by atoms with Crippen molar-refractivity contribution in [3.05, 3.63) is 88.0 Å². The Morgan fingerprint density at radius 1 is 0.810 bits per heavy atom. The number of nitro benzene ring substituents is 1. The lowest BCUT2D eigenvalue weighted by molar-refractivity contribution is -0.385. The maximum Gasteiger partial charge on any atom is 0.323 e. The van der Waals surface area contributed by atoms with E-state index in [4.69, 9.17) is 0 Å². The van der Waals surface area contributed by atoms with Crippen LogP contribution in [-0.2, 0) is 20.2 Å². The predicted octanol–water partition coefficient (Wildman–Crippen LogP) is 4.15. The third-order valence-corrected chi connectivity index (χ3v) is 7.53. The monoisotopic (exact) mass is 616 g/mol. The fraction of sp³-hybridized carbons (Fsp3) is 0.0400. The van der Waals surface area contributed by atoms with Crippen LogP contribution in [0.25, 0.3) is 10.8 Å². The van der Waals surface area contributed by atoms with Crippen LogP contribution in [0.3, 0.4) is 0 Å². The quantitative estimate of drug-likeness (QED) is 0.0978. The molecular formula is C25H20N4O11S2. The van der Waals surface area contributed by atoms with Gasteiger partial charge in [-0.25, -0.2) is 4.79 Å². The van der Waals surface area contributed by atoms with Crippen molar-refractivity contribution in [1.82, 2.24) is 0 Å². The van der Waals surface area contributed by atoms with Gasteiger partial charge in [-0.05, 0) is 54.8 Å². The van der Waals surface area contributed by atoms with E-state index in [0.29, 0.717) is 11.6 Å². The van der Waals surface area contributed by atoms with E-state index in [-0.39, 0.29) is 39.1 Å². The summed E-state index contributed by atoms with van der Waals surface area (Å²) >= 11 is 0. The van der Waals surface area contributed by atoms with Gasteiger partial charge in [0.15, 0.2) is 0 Å². The van der Waals surface area contributed by atoms with Crippen LogP contribution in [0.1, 0.15) is 15.9 Å². The second-order valence-electron chi connectivity index (χ2n) is 8.83. The summed E-state index contributed by atoms with van der Waals surface area (Å²) in [5.41, 5.74) is 0.0732. The Hall–Kier alpha value is -5.10. The molecule has 0 saturated carbocycles. The highest BCUT2D eigenvalue weighted by Crippen LogP contribution is 2.37. The molecule has 218 valence electrons. The predicted molar refractivity (Wildman–Crippen MR) is 150 cm³/mol. The number of phenols is 1. The lowest BCUT2D eigenvalue weighted by Crippen LogP contribution is -2.20. The average Bonchev–Trinajstić information content (AvgIpc) is 2.88. The number of amides is 3. The first-order valence-corrected chi connectivity index (χ1v) is 14.4. The Morgan fingerprint density at radius 3 is 2.00 bits per heavy atom. The van der Waals surface area contributed by atoms with E-state index in [9.17, 15) is 50.8 Å². The molecule has 0 aliphatic carbocycles. The highest BCUT2D eigenvalue weighted by molar-refractivity contribution is 7.86. The normalized spacial score (nSPS) is 11.6. The van der Waals surface area contributed by atoms with Gasteiger partial charge in [-0.1, -0.05) is 12.1 Å². The minimum atomic E-state index is -4.87. The number of benzene rings is 4. The van der Waals surface area contributed by atoms with E-state index in [1.165, 1.54) is 42.5 Å². The topological polar surface area (TPSA) is 242 Å². The molecule has 0 unspecified atom stereocenters. The number of nitrogens with one attached hydrogen (secondary N) is 3. The van der Waals surface area contributed by atoms with Crippen molar-refractivity contribution in [3.8, 4) is 5.75 Å². The Kier molecular flexibility index (Phi) is 7.86. The molecule has 0 aliphatic rings. The van der Waals surface area contributed by atoms with Crippen molar-refractivity contribution in [3.63, 3.8) is 0 Å². The van der Waals surface area contributed by atoms with Crippen LogP contribution in [0.5, 0.6) is 5.75 Å². The summed E-state index contributed by atoms with van der Waals surface area (Å²) in [4.78, 5) is 34.6. The van der Waals surface area contributed by atoms with Crippen molar-refractivity contribution < 1.29 is 45.6 Å². The zero-order valence-electron chi connectivity index (χ0n) is 21.2. The standard InChI is InChI=1S/C25H20N4O11S2/c1-13-5-6-17(10-21(13)29(33)34)27-25(32)26-16-4-2-3-14(7-16)24(31)28-20-11-18(41(35,36)37)8-15-9-19(42(38,39)40)12-22(30)23(15)20/h2-12,30H,1H3,(H,28,31)(H2,26,27,32)(H,35,36,37)(H,38,39,40). The molecule has 4 aromatic carbocycles. The highest BCUT2D eigenvalue weighted by Gasteiger charge is 2.21. The van der Waals surface area contributed by atoms with Gasteiger partial charge < -0.3 is 21.1 Å². The van der Waals surface area contributed by atoms with Crippen molar-refractivity contribution >= 4 is 65.7 Å². The number of nitrogens with zero attached hydrogens (tertiary/aromatic N) is 1. The third kappa shape index (κ3) is 6.61. The first kappa shape index (κ1) is 29.9. The summed E-state index contributed by atoms with van der Waals surface area (Å²) in [6.45, 7) is 1.54. The van der Waals surface area contributed by atoms with Crippen LogP contribution < -0.4 is 16.0 Å². The van der Waals surface area contributed by atoms with Crippen LogP contribution in [0.15, 0.2) is 76.5 Å². The van der Waals surface area contributed by atoms with Gasteiger partial charge in [0.2, 0.25) is 0 Å². The number of anilines is 3. The largest absolute Gasteiger partial charge is 0.507 e. The molecule has 0 saturated heterocycles. The Labute approximate surface area is 237 Å². The van der Waals surface area contributed by atoms with Crippen LogP contribution >= 0.6 is 0 Å². The molecule has 6 N–H and O–H groups in total. The zero-order valence-corrected chi connectivity index (χ0v) is 22.9. The molecule has 4 aromatic rings. The molecule has 0 aliphatic heterocycles.